The van der Waals surface area contributed by atoms with Gasteiger partial charge in [-0.05, 0) is 20.8 Å². The second kappa shape index (κ2) is 6.74. The van der Waals surface area contributed by atoms with Gasteiger partial charge in [-0.1, -0.05) is 58.9 Å². The van der Waals surface area contributed by atoms with Crippen LogP contribution in [-0.2, 0) is 0 Å². The molecule has 2 nitrogen and oxygen atoms in total. The fourth-order valence-electron chi connectivity index (χ4n) is 2.63. The summed E-state index contributed by atoms with van der Waals surface area (Å²) in [7, 11) is -0.771. The second-order valence-electron chi connectivity index (χ2n) is 9.49. The monoisotopic (exact) mass is 366 g/mol. The lowest BCUT2D eigenvalue weighted by Gasteiger charge is -2.43. The van der Waals surface area contributed by atoms with Crippen molar-refractivity contribution in [1.29, 1.82) is 0 Å². The topological polar surface area (TPSA) is 6.48 Å². The molecule has 0 aromatic heterocycles. The zero-order valence-electron chi connectivity index (χ0n) is 15.8. The van der Waals surface area contributed by atoms with E-state index in [1.807, 2.05) is 0 Å². The Labute approximate surface area is 134 Å². The smallest absolute Gasteiger partial charge is 0.130 e. The molecule has 0 aromatic carbocycles. The lowest BCUT2D eigenvalue weighted by Crippen LogP contribution is -2.53. The first-order valence-corrected chi connectivity index (χ1v) is 20.2. The Morgan fingerprint density at radius 1 is 0.600 bits per heavy atom. The van der Waals surface area contributed by atoms with E-state index < -0.39 is 24.7 Å². The number of hydrogen-bond acceptors (Lipinski definition) is 0. The Morgan fingerprint density at radius 3 is 1.15 bits per heavy atom. The minimum atomic E-state index is -1.29. The summed E-state index contributed by atoms with van der Waals surface area (Å²) in [6, 6.07) is 0. The van der Waals surface area contributed by atoms with Gasteiger partial charge in [0.2, 0.25) is 0 Å². The maximum absolute atomic E-state index is 2.88. The van der Waals surface area contributed by atoms with Gasteiger partial charge in [0.25, 0.3) is 0 Å². The summed E-state index contributed by atoms with van der Waals surface area (Å²) >= 11 is 0. The molecule has 0 saturated carbocycles. The standard InChI is InChI=1S/C13H36N2P2Si3/c1-13(2,3)14(18(4,5)6)16-17-15(19(7,8)9)20(10,11)12/h1-12H3. The van der Waals surface area contributed by atoms with Crippen LogP contribution >= 0.6 is 16.0 Å². The molecule has 0 saturated heterocycles. The predicted octanol–water partition coefficient (Wildman–Crippen LogP) is 6.53. The molecular formula is C13H36N2P2Si3. The van der Waals surface area contributed by atoms with E-state index >= 15 is 0 Å². The predicted molar refractivity (Wildman–Crippen MR) is 107 cm³/mol. The summed E-state index contributed by atoms with van der Waals surface area (Å²) in [5.74, 6) is 0. The maximum atomic E-state index is 2.88. The van der Waals surface area contributed by atoms with Crippen molar-refractivity contribution in [3.8, 4) is 0 Å². The van der Waals surface area contributed by atoms with Crippen LogP contribution in [0.25, 0.3) is 0 Å². The highest BCUT2D eigenvalue weighted by Gasteiger charge is 2.36. The first kappa shape index (κ1) is 21.2. The Morgan fingerprint density at radius 2 is 0.950 bits per heavy atom. The summed E-state index contributed by atoms with van der Waals surface area (Å²) in [4.78, 5) is 0. The molecule has 0 aliphatic heterocycles. The molecular weight excluding hydrogens is 330 g/mol. The van der Waals surface area contributed by atoms with Crippen LogP contribution in [0.1, 0.15) is 20.8 Å². The van der Waals surface area contributed by atoms with Crippen LogP contribution in [0.5, 0.6) is 0 Å². The molecule has 0 fully saturated rings. The highest BCUT2D eigenvalue weighted by Crippen LogP contribution is 2.40. The van der Waals surface area contributed by atoms with Crippen LogP contribution in [0.2, 0.25) is 58.9 Å². The first-order chi connectivity index (χ1) is 8.47. The lowest BCUT2D eigenvalue weighted by molar-refractivity contribution is 0.379. The fraction of sp³-hybridized carbons (Fsp3) is 1.00. The zero-order chi connectivity index (χ0) is 16.6. The van der Waals surface area contributed by atoms with Crippen molar-refractivity contribution in [2.24, 2.45) is 0 Å². The average Bonchev–Trinajstić information content (AvgIpc) is 2.02. The molecule has 0 aliphatic carbocycles. The minimum absolute atomic E-state index is 0.267. The Kier molecular flexibility index (Phi) is 7.13. The van der Waals surface area contributed by atoms with Crippen LogP contribution < -0.4 is 0 Å². The van der Waals surface area contributed by atoms with Crippen molar-refractivity contribution in [2.75, 3.05) is 0 Å². The van der Waals surface area contributed by atoms with Gasteiger partial charge < -0.3 is 0 Å². The highest BCUT2D eigenvalue weighted by atomic mass is 31.7. The van der Waals surface area contributed by atoms with Crippen molar-refractivity contribution in [3.05, 3.63) is 0 Å². The van der Waals surface area contributed by atoms with E-state index in [4.69, 9.17) is 0 Å². The summed E-state index contributed by atoms with van der Waals surface area (Å²) < 4.78 is 5.63. The maximum Gasteiger partial charge on any atom is 0.130 e. The second-order valence-corrected chi connectivity index (χ2v) is 27.7. The summed E-state index contributed by atoms with van der Waals surface area (Å²) in [5.41, 5.74) is 0.267. The first-order valence-electron chi connectivity index (χ1n) is 7.49. The molecule has 0 atom stereocenters. The highest BCUT2D eigenvalue weighted by molar-refractivity contribution is 7.83. The third-order valence-corrected chi connectivity index (χ3v) is 21.4. The van der Waals surface area contributed by atoms with Gasteiger partial charge in [-0.15, -0.1) is 0 Å². The van der Waals surface area contributed by atoms with Gasteiger partial charge in [0.05, 0.1) is 0 Å². The molecule has 20 heavy (non-hydrogen) atoms. The van der Waals surface area contributed by atoms with E-state index in [1.165, 1.54) is 16.0 Å². The molecule has 0 heterocycles. The van der Waals surface area contributed by atoms with Crippen molar-refractivity contribution >= 4 is 40.7 Å². The molecule has 7 heteroatoms. The van der Waals surface area contributed by atoms with Gasteiger partial charge in [0, 0.05) is 21.6 Å². The molecule has 0 unspecified atom stereocenters. The van der Waals surface area contributed by atoms with Crippen molar-refractivity contribution < 1.29 is 0 Å². The minimum Gasteiger partial charge on any atom is -0.295 e. The molecule has 0 aliphatic rings. The Hall–Kier alpha value is 1.17. The van der Waals surface area contributed by atoms with Gasteiger partial charge in [-0.3, -0.25) is 8.34 Å². The molecule has 0 bridgehead atoms. The van der Waals surface area contributed by atoms with Gasteiger partial charge in [0.15, 0.2) is 0 Å². The van der Waals surface area contributed by atoms with E-state index in [1.54, 1.807) is 0 Å². The third kappa shape index (κ3) is 6.95. The number of hydrogen-bond donors (Lipinski definition) is 0. The van der Waals surface area contributed by atoms with Gasteiger partial charge in [0.1, 0.15) is 24.7 Å². The van der Waals surface area contributed by atoms with Gasteiger partial charge in [-0.25, -0.2) is 0 Å². The largest absolute Gasteiger partial charge is 0.295 e. The Bertz CT molecular complexity index is 285. The van der Waals surface area contributed by atoms with Gasteiger partial charge >= 0.3 is 0 Å². The zero-order valence-corrected chi connectivity index (χ0v) is 20.6. The third-order valence-electron chi connectivity index (χ3n) is 2.76. The van der Waals surface area contributed by atoms with Gasteiger partial charge in [-0.2, -0.15) is 0 Å². The molecule has 0 aromatic rings. The number of nitrogens with zero attached hydrogens (tertiary/aromatic N) is 2. The Balaban J connectivity index is 5.50. The quantitative estimate of drug-likeness (QED) is 0.403. The summed E-state index contributed by atoms with van der Waals surface area (Å²) in [5, 5.41) is 0. The van der Waals surface area contributed by atoms with E-state index in [-0.39, 0.29) is 5.54 Å². The van der Waals surface area contributed by atoms with Crippen LogP contribution in [-0.4, -0.2) is 38.6 Å². The van der Waals surface area contributed by atoms with Crippen LogP contribution in [0.4, 0.5) is 0 Å². The van der Waals surface area contributed by atoms with E-state index in [0.29, 0.717) is 0 Å². The molecule has 0 spiro atoms. The van der Waals surface area contributed by atoms with Crippen molar-refractivity contribution in [2.45, 2.75) is 85.2 Å². The van der Waals surface area contributed by atoms with E-state index in [9.17, 15) is 0 Å². The SMILES string of the molecule is CC(C)(C)N(P=PN([Si](C)(C)C)[Si](C)(C)C)[Si](C)(C)C. The molecule has 0 rings (SSSR count). The average molecular weight is 367 g/mol. The van der Waals surface area contributed by atoms with Crippen LogP contribution in [0, 0.1) is 0 Å². The van der Waals surface area contributed by atoms with E-state index in [0.717, 1.165) is 0 Å². The summed E-state index contributed by atoms with van der Waals surface area (Å²) in [6.45, 7) is 29.4. The molecule has 0 N–H and O–H groups in total. The van der Waals surface area contributed by atoms with Crippen LogP contribution in [0.15, 0.2) is 0 Å². The normalized spacial score (nSPS) is 15.7. The fourth-order valence-corrected chi connectivity index (χ4v) is 25.9. The lowest BCUT2D eigenvalue weighted by atomic mass is 10.1. The van der Waals surface area contributed by atoms with Crippen molar-refractivity contribution in [1.82, 2.24) is 8.34 Å². The number of rotatable bonds is 5. The van der Waals surface area contributed by atoms with Crippen molar-refractivity contribution in [3.63, 3.8) is 0 Å². The summed E-state index contributed by atoms with van der Waals surface area (Å²) in [6.07, 6.45) is 0. The van der Waals surface area contributed by atoms with E-state index in [2.05, 4.69) is 88.0 Å². The molecule has 0 radical (unpaired) electrons. The molecule has 0 amide bonds. The van der Waals surface area contributed by atoms with Crippen LogP contribution in [0.3, 0.4) is 0 Å². The molecule has 120 valence electrons.